The number of amides is 3. The fourth-order valence-corrected chi connectivity index (χ4v) is 4.80. The van der Waals surface area contributed by atoms with Crippen LogP contribution in [0.1, 0.15) is 25.8 Å². The maximum Gasteiger partial charge on any atom is 0.273 e. The zero-order chi connectivity index (χ0) is 25.1. The minimum atomic E-state index is -2.21. The second-order valence-corrected chi connectivity index (χ2v) is 9.63. The van der Waals surface area contributed by atoms with Crippen LogP contribution < -0.4 is 16.1 Å². The normalized spacial score (nSPS) is 14.5. The van der Waals surface area contributed by atoms with Gasteiger partial charge in [0.05, 0.1) is 11.8 Å². The highest BCUT2D eigenvalue weighted by atomic mass is 32.2. The van der Waals surface area contributed by atoms with Gasteiger partial charge in [-0.1, -0.05) is 62.4 Å². The van der Waals surface area contributed by atoms with Gasteiger partial charge in [0, 0.05) is 24.1 Å². The quantitative estimate of drug-likeness (QED) is 0.135. The Labute approximate surface area is 204 Å². The van der Waals surface area contributed by atoms with Crippen molar-refractivity contribution in [2.45, 2.75) is 37.3 Å². The largest absolute Gasteiger partial charge is 0.363 e. The Morgan fingerprint density at radius 2 is 1.53 bits per heavy atom. The number of carbonyl (C=O) groups is 3. The van der Waals surface area contributed by atoms with Crippen molar-refractivity contribution in [3.8, 4) is 0 Å². The molecule has 34 heavy (non-hydrogen) atoms. The third-order valence-corrected chi connectivity index (χ3v) is 6.53. The summed E-state index contributed by atoms with van der Waals surface area (Å²) in [5, 5.41) is 25.4. The van der Waals surface area contributed by atoms with Crippen LogP contribution in [0, 0.1) is 17.8 Å². The maximum absolute atomic E-state index is 13.5. The van der Waals surface area contributed by atoms with E-state index in [0.717, 1.165) is 4.90 Å². The molecule has 0 bridgehead atoms. The van der Waals surface area contributed by atoms with Gasteiger partial charge in [-0.25, -0.2) is 5.48 Å². The first-order chi connectivity index (χ1) is 16.2. The molecule has 0 radical (unpaired) electrons. The van der Waals surface area contributed by atoms with Crippen molar-refractivity contribution in [1.82, 2.24) is 16.1 Å². The number of rotatable bonds is 12. The molecule has 0 fully saturated rings. The van der Waals surface area contributed by atoms with Gasteiger partial charge in [0.25, 0.3) is 5.91 Å². The van der Waals surface area contributed by atoms with E-state index in [9.17, 15) is 24.7 Å². The Kier molecular flexibility index (Phi) is 10.6. The van der Waals surface area contributed by atoms with Crippen LogP contribution in [0.4, 0.5) is 0 Å². The summed E-state index contributed by atoms with van der Waals surface area (Å²) in [5.74, 6) is -3.64. The van der Waals surface area contributed by atoms with E-state index in [-0.39, 0.29) is 18.1 Å². The fourth-order valence-electron chi connectivity index (χ4n) is 3.70. The van der Waals surface area contributed by atoms with E-state index in [1.54, 1.807) is 29.7 Å². The molecule has 8 nitrogen and oxygen atoms in total. The van der Waals surface area contributed by atoms with Crippen LogP contribution >= 0.6 is 11.8 Å². The predicted molar refractivity (Wildman–Crippen MR) is 131 cm³/mol. The van der Waals surface area contributed by atoms with Gasteiger partial charge < -0.3 is 15.7 Å². The lowest BCUT2D eigenvalue weighted by Gasteiger charge is -2.32. The molecule has 3 atom stereocenters. The van der Waals surface area contributed by atoms with Crippen molar-refractivity contribution in [2.75, 3.05) is 12.8 Å². The molecule has 0 saturated carbocycles. The predicted octanol–water partition coefficient (Wildman–Crippen LogP) is 2.36. The average Bonchev–Trinajstić information content (AvgIpc) is 2.83. The molecular formula is C25H33N3O5S. The average molecular weight is 488 g/mol. The lowest BCUT2D eigenvalue weighted by Crippen LogP contribution is -2.61. The van der Waals surface area contributed by atoms with E-state index in [0.29, 0.717) is 12.0 Å². The number of benzene rings is 2. The molecule has 3 amide bonds. The van der Waals surface area contributed by atoms with Crippen LogP contribution in [-0.2, 0) is 20.8 Å². The smallest absolute Gasteiger partial charge is 0.273 e. The van der Waals surface area contributed by atoms with Gasteiger partial charge >= 0.3 is 0 Å². The van der Waals surface area contributed by atoms with Crippen LogP contribution in [0.15, 0.2) is 65.6 Å². The third kappa shape index (κ3) is 7.86. The van der Waals surface area contributed by atoms with Crippen molar-refractivity contribution >= 4 is 29.5 Å². The molecule has 9 heteroatoms. The number of aliphatic hydroxyl groups is 1. The Balaban J connectivity index is 2.31. The first-order valence-electron chi connectivity index (χ1n) is 11.1. The molecule has 5 N–H and O–H groups in total. The first-order valence-corrected chi connectivity index (χ1v) is 12.1. The standard InChI is InChI=1S/C25H33N3O5S/c1-17(2)14-20(21(23(30)28-33)16-34-19-12-8-5-9-13-19)22(29)27-25(32,24(31)26-3)15-18-10-6-4-7-11-18/h4-13,17,20-21,32-33H,14-16H2,1-3H3,(H,26,31)(H,27,29)(H,28,30)/t20-,21+,25-/m1/s1. The summed E-state index contributed by atoms with van der Waals surface area (Å²) in [6, 6.07) is 18.2. The topological polar surface area (TPSA) is 128 Å². The Bertz CT molecular complexity index is 942. The molecule has 0 aromatic heterocycles. The van der Waals surface area contributed by atoms with Crippen molar-refractivity contribution < 1.29 is 24.7 Å². The molecule has 2 aromatic rings. The second kappa shape index (κ2) is 13.1. The van der Waals surface area contributed by atoms with E-state index in [1.807, 2.05) is 50.2 Å². The number of nitrogens with one attached hydrogen (secondary N) is 3. The molecule has 0 spiro atoms. The summed E-state index contributed by atoms with van der Waals surface area (Å²) in [6.45, 7) is 3.82. The minimum absolute atomic E-state index is 0.0358. The molecule has 0 aliphatic rings. The van der Waals surface area contributed by atoms with Gasteiger partial charge in [-0.3, -0.25) is 19.6 Å². The SMILES string of the molecule is CNC(=O)[C@](O)(Cc1ccccc1)NC(=O)[C@H](CC(C)C)[C@H](CSc1ccccc1)C(=O)NO. The molecule has 0 heterocycles. The second-order valence-electron chi connectivity index (χ2n) is 8.53. The fraction of sp³-hybridized carbons (Fsp3) is 0.400. The van der Waals surface area contributed by atoms with Crippen LogP contribution in [0.25, 0.3) is 0 Å². The van der Waals surface area contributed by atoms with Crippen LogP contribution in [0.3, 0.4) is 0 Å². The molecule has 0 aliphatic carbocycles. The number of thioether (sulfide) groups is 1. The van der Waals surface area contributed by atoms with Crippen molar-refractivity contribution in [3.63, 3.8) is 0 Å². The van der Waals surface area contributed by atoms with E-state index >= 15 is 0 Å². The number of hydrogen-bond donors (Lipinski definition) is 5. The van der Waals surface area contributed by atoms with Gasteiger partial charge in [-0.05, 0) is 30.0 Å². The molecule has 2 aromatic carbocycles. The van der Waals surface area contributed by atoms with Crippen LogP contribution in [0.5, 0.6) is 0 Å². The summed E-state index contributed by atoms with van der Waals surface area (Å²) < 4.78 is 0. The van der Waals surface area contributed by atoms with Gasteiger partial charge in [-0.15, -0.1) is 11.8 Å². The van der Waals surface area contributed by atoms with Gasteiger partial charge in [0.1, 0.15) is 0 Å². The molecule has 184 valence electrons. The molecule has 0 aliphatic heterocycles. The third-order valence-electron chi connectivity index (χ3n) is 5.40. The van der Waals surface area contributed by atoms with E-state index in [1.165, 1.54) is 18.8 Å². The lowest BCUT2D eigenvalue weighted by atomic mass is 9.84. The van der Waals surface area contributed by atoms with Crippen LogP contribution in [-0.4, -0.2) is 46.6 Å². The van der Waals surface area contributed by atoms with Crippen molar-refractivity contribution in [2.24, 2.45) is 17.8 Å². The molecule has 2 rings (SSSR count). The highest BCUT2D eigenvalue weighted by Gasteiger charge is 2.42. The minimum Gasteiger partial charge on any atom is -0.363 e. The Morgan fingerprint density at radius 1 is 0.941 bits per heavy atom. The Morgan fingerprint density at radius 3 is 2.06 bits per heavy atom. The lowest BCUT2D eigenvalue weighted by molar-refractivity contribution is -0.152. The maximum atomic E-state index is 13.5. The first kappa shape index (κ1) is 27.4. The van der Waals surface area contributed by atoms with Gasteiger partial charge in [-0.2, -0.15) is 0 Å². The summed E-state index contributed by atoms with van der Waals surface area (Å²) >= 11 is 1.38. The van der Waals surface area contributed by atoms with Crippen LogP contribution in [0.2, 0.25) is 0 Å². The molecule has 0 unspecified atom stereocenters. The Hall–Kier alpha value is -2.88. The summed E-state index contributed by atoms with van der Waals surface area (Å²) in [5.41, 5.74) is 0.111. The zero-order valence-corrected chi connectivity index (χ0v) is 20.5. The molecular weight excluding hydrogens is 454 g/mol. The monoisotopic (exact) mass is 487 g/mol. The van der Waals surface area contributed by atoms with E-state index in [2.05, 4.69) is 10.6 Å². The number of hydrogen-bond acceptors (Lipinski definition) is 6. The summed E-state index contributed by atoms with van der Waals surface area (Å²) in [7, 11) is 1.37. The molecule has 0 saturated heterocycles. The van der Waals surface area contributed by atoms with Gasteiger partial charge in [0.15, 0.2) is 0 Å². The van der Waals surface area contributed by atoms with Crippen molar-refractivity contribution in [3.05, 3.63) is 66.2 Å². The highest BCUT2D eigenvalue weighted by Crippen LogP contribution is 2.29. The zero-order valence-electron chi connectivity index (χ0n) is 19.7. The van der Waals surface area contributed by atoms with E-state index < -0.39 is 35.3 Å². The number of carbonyl (C=O) groups excluding carboxylic acids is 3. The van der Waals surface area contributed by atoms with E-state index in [4.69, 9.17) is 0 Å². The number of hydroxylamine groups is 1. The summed E-state index contributed by atoms with van der Waals surface area (Å²) in [6.07, 6.45) is 0.164. The van der Waals surface area contributed by atoms with Gasteiger partial charge in [0.2, 0.25) is 17.5 Å². The van der Waals surface area contributed by atoms with Crippen molar-refractivity contribution in [1.29, 1.82) is 0 Å². The highest BCUT2D eigenvalue weighted by molar-refractivity contribution is 7.99. The number of likely N-dealkylation sites (N-methyl/N-ethyl adjacent to an activating group) is 1. The summed E-state index contributed by atoms with van der Waals surface area (Å²) in [4.78, 5) is 39.6.